The zero-order valence-corrected chi connectivity index (χ0v) is 18.8. The van der Waals surface area contributed by atoms with Crippen LogP contribution in [-0.4, -0.2) is 19.1 Å². The highest BCUT2D eigenvalue weighted by atomic mass is 15.0. The predicted octanol–water partition coefficient (Wildman–Crippen LogP) is 7.23. The van der Waals surface area contributed by atoms with Crippen LogP contribution in [0.1, 0.15) is 12.5 Å². The van der Waals surface area contributed by atoms with Crippen molar-refractivity contribution in [2.75, 3.05) is 0 Å². The molecule has 7 aromatic rings. The van der Waals surface area contributed by atoms with Gasteiger partial charge in [-0.25, -0.2) is 0 Å². The van der Waals surface area contributed by atoms with Gasteiger partial charge < -0.3 is 9.13 Å². The first-order chi connectivity index (χ1) is 16.8. The Kier molecular flexibility index (Phi) is 4.09. The van der Waals surface area contributed by atoms with Crippen molar-refractivity contribution in [2.24, 2.45) is 0 Å². The van der Waals surface area contributed by atoms with E-state index in [1.54, 1.807) is 0 Å². The van der Waals surface area contributed by atoms with Crippen molar-refractivity contribution in [1.29, 1.82) is 0 Å². The summed E-state index contributed by atoms with van der Waals surface area (Å²) in [6.45, 7) is 2.21. The fourth-order valence-electron chi connectivity index (χ4n) is 5.24. The minimum Gasteiger partial charge on any atom is -0.308 e. The van der Waals surface area contributed by atoms with E-state index in [0.717, 1.165) is 39.9 Å². The number of rotatable bonds is 3. The van der Waals surface area contributed by atoms with Crippen molar-refractivity contribution in [3.63, 3.8) is 0 Å². The summed E-state index contributed by atoms with van der Waals surface area (Å²) in [5, 5.41) is 2.34. The molecule has 3 aromatic carbocycles. The van der Waals surface area contributed by atoms with Crippen LogP contribution in [0.5, 0.6) is 0 Å². The van der Waals surface area contributed by atoms with E-state index in [1.165, 1.54) is 27.4 Å². The van der Waals surface area contributed by atoms with Gasteiger partial charge in [0.1, 0.15) is 0 Å². The second kappa shape index (κ2) is 7.29. The average Bonchev–Trinajstić information content (AvgIpc) is 3.42. The molecular weight excluding hydrogens is 416 g/mol. The molecule has 4 heteroatoms. The Balaban J connectivity index is 1.59. The van der Waals surface area contributed by atoms with Gasteiger partial charge in [-0.1, -0.05) is 43.3 Å². The number of hydrogen-bond acceptors (Lipinski definition) is 2. The summed E-state index contributed by atoms with van der Waals surface area (Å²) >= 11 is 0. The Labute approximate surface area is 196 Å². The van der Waals surface area contributed by atoms with Crippen molar-refractivity contribution in [1.82, 2.24) is 19.1 Å². The quantitative estimate of drug-likeness (QED) is 0.292. The maximum absolute atomic E-state index is 4.72. The number of fused-ring (bicyclic) bond motifs is 6. The van der Waals surface area contributed by atoms with E-state index in [-0.39, 0.29) is 0 Å². The number of nitrogens with zero attached hydrogens (tertiary/aromatic N) is 4. The van der Waals surface area contributed by atoms with E-state index in [1.807, 2.05) is 24.5 Å². The largest absolute Gasteiger partial charge is 0.308 e. The molecule has 0 aliphatic carbocycles. The molecule has 7 rings (SSSR count). The molecule has 0 saturated heterocycles. The minimum absolute atomic E-state index is 0.950. The topological polar surface area (TPSA) is 35.6 Å². The van der Waals surface area contributed by atoms with Crippen LogP contribution in [0.15, 0.2) is 103 Å². The summed E-state index contributed by atoms with van der Waals surface area (Å²) in [4.78, 5) is 9.44. The number of aromatic nitrogens is 4. The standard InChI is InChI=1S/C30H22N4/c1-2-20-17-21(33-25-11-5-3-9-23(25)29-27(33)13-7-15-31-29)19-22(18-20)34-26-12-6-4-10-24(26)30-28(34)14-8-16-32-30/h3-19H,2H2,1H3. The Morgan fingerprint density at radius 3 is 1.53 bits per heavy atom. The lowest BCUT2D eigenvalue weighted by Gasteiger charge is -2.15. The van der Waals surface area contributed by atoms with Gasteiger partial charge in [0.25, 0.3) is 0 Å². The second-order valence-corrected chi connectivity index (χ2v) is 8.66. The van der Waals surface area contributed by atoms with Gasteiger partial charge in [0, 0.05) is 34.5 Å². The number of aryl methyl sites for hydroxylation is 1. The van der Waals surface area contributed by atoms with Gasteiger partial charge in [-0.2, -0.15) is 0 Å². The minimum atomic E-state index is 0.950. The summed E-state index contributed by atoms with van der Waals surface area (Å²) in [7, 11) is 0. The maximum Gasteiger partial charge on any atom is 0.0963 e. The van der Waals surface area contributed by atoms with Crippen LogP contribution >= 0.6 is 0 Å². The molecule has 0 aliphatic rings. The Bertz CT molecular complexity index is 1620. The average molecular weight is 439 g/mol. The number of hydrogen-bond donors (Lipinski definition) is 0. The summed E-state index contributed by atoms with van der Waals surface area (Å²) < 4.78 is 4.68. The summed E-state index contributed by atoms with van der Waals surface area (Å²) in [5.74, 6) is 0. The van der Waals surface area contributed by atoms with Crippen LogP contribution < -0.4 is 0 Å². The highest BCUT2D eigenvalue weighted by Crippen LogP contribution is 2.34. The molecule has 0 unspecified atom stereocenters. The Morgan fingerprint density at radius 1 is 0.559 bits per heavy atom. The molecule has 4 aromatic heterocycles. The normalized spacial score (nSPS) is 11.8. The van der Waals surface area contributed by atoms with Crippen molar-refractivity contribution in [3.8, 4) is 11.4 Å². The molecule has 0 N–H and O–H groups in total. The lowest BCUT2D eigenvalue weighted by molar-refractivity contribution is 1.07. The fourth-order valence-corrected chi connectivity index (χ4v) is 5.24. The van der Waals surface area contributed by atoms with Gasteiger partial charge in [-0.15, -0.1) is 0 Å². The molecular formula is C30H22N4. The molecule has 162 valence electrons. The van der Waals surface area contributed by atoms with Gasteiger partial charge in [0.05, 0.1) is 33.1 Å². The van der Waals surface area contributed by atoms with E-state index >= 15 is 0 Å². The van der Waals surface area contributed by atoms with Crippen molar-refractivity contribution in [2.45, 2.75) is 13.3 Å². The predicted molar refractivity (Wildman–Crippen MR) is 140 cm³/mol. The van der Waals surface area contributed by atoms with E-state index in [2.05, 4.69) is 94.9 Å². The Morgan fingerprint density at radius 2 is 1.03 bits per heavy atom. The monoisotopic (exact) mass is 438 g/mol. The van der Waals surface area contributed by atoms with Crippen LogP contribution in [0.2, 0.25) is 0 Å². The third-order valence-corrected chi connectivity index (χ3v) is 6.74. The molecule has 0 saturated carbocycles. The van der Waals surface area contributed by atoms with Crippen molar-refractivity contribution < 1.29 is 0 Å². The molecule has 0 radical (unpaired) electrons. The molecule has 0 spiro atoms. The maximum atomic E-state index is 4.72. The first-order valence-corrected chi connectivity index (χ1v) is 11.7. The zero-order chi connectivity index (χ0) is 22.6. The second-order valence-electron chi connectivity index (χ2n) is 8.66. The third kappa shape index (κ3) is 2.66. The van der Waals surface area contributed by atoms with Crippen LogP contribution in [0.3, 0.4) is 0 Å². The summed E-state index contributed by atoms with van der Waals surface area (Å²) in [6.07, 6.45) is 4.70. The molecule has 4 heterocycles. The number of para-hydroxylation sites is 2. The van der Waals surface area contributed by atoms with Gasteiger partial charge in [-0.05, 0) is 66.6 Å². The van der Waals surface area contributed by atoms with Crippen LogP contribution in [0.25, 0.3) is 55.2 Å². The van der Waals surface area contributed by atoms with Gasteiger partial charge >= 0.3 is 0 Å². The SMILES string of the molecule is CCc1cc(-n2c3ccccc3c3ncccc32)cc(-n2c3ccccc3c3ncccc32)c1. The van der Waals surface area contributed by atoms with Crippen LogP contribution in [0.4, 0.5) is 0 Å². The van der Waals surface area contributed by atoms with E-state index < -0.39 is 0 Å². The highest BCUT2D eigenvalue weighted by Gasteiger charge is 2.16. The first-order valence-electron chi connectivity index (χ1n) is 11.7. The zero-order valence-electron chi connectivity index (χ0n) is 18.8. The van der Waals surface area contributed by atoms with E-state index in [0.29, 0.717) is 0 Å². The number of benzene rings is 3. The number of pyridine rings is 2. The molecule has 34 heavy (non-hydrogen) atoms. The molecule has 0 aliphatic heterocycles. The fraction of sp³-hybridized carbons (Fsp3) is 0.0667. The van der Waals surface area contributed by atoms with E-state index in [9.17, 15) is 0 Å². The van der Waals surface area contributed by atoms with Gasteiger partial charge in [-0.3, -0.25) is 9.97 Å². The van der Waals surface area contributed by atoms with Gasteiger partial charge in [0.2, 0.25) is 0 Å². The van der Waals surface area contributed by atoms with Crippen molar-refractivity contribution >= 4 is 43.9 Å². The lowest BCUT2D eigenvalue weighted by Crippen LogP contribution is -2.01. The highest BCUT2D eigenvalue weighted by molar-refractivity contribution is 6.08. The van der Waals surface area contributed by atoms with Crippen molar-refractivity contribution in [3.05, 3.63) is 109 Å². The first kappa shape index (κ1) is 19.1. The summed E-state index contributed by atoms with van der Waals surface area (Å²) in [6, 6.07) is 32.3. The molecule has 0 fully saturated rings. The smallest absolute Gasteiger partial charge is 0.0963 e. The Hall–Kier alpha value is -4.44. The molecule has 0 atom stereocenters. The molecule has 0 amide bonds. The lowest BCUT2D eigenvalue weighted by atomic mass is 10.1. The molecule has 4 nitrogen and oxygen atoms in total. The third-order valence-electron chi connectivity index (χ3n) is 6.74. The van der Waals surface area contributed by atoms with Crippen LogP contribution in [0, 0.1) is 0 Å². The van der Waals surface area contributed by atoms with Crippen LogP contribution in [-0.2, 0) is 6.42 Å². The molecule has 0 bridgehead atoms. The van der Waals surface area contributed by atoms with Gasteiger partial charge in [0.15, 0.2) is 0 Å². The summed E-state index contributed by atoms with van der Waals surface area (Å²) in [5.41, 5.74) is 10.2. The van der Waals surface area contributed by atoms with E-state index in [4.69, 9.17) is 9.97 Å².